The van der Waals surface area contributed by atoms with E-state index in [1.807, 2.05) is 24.3 Å². The molecule has 0 spiro atoms. The maximum Gasteiger partial charge on any atom is 0.114 e. The van der Waals surface area contributed by atoms with Crippen molar-refractivity contribution in [2.45, 2.75) is 31.6 Å². The Morgan fingerprint density at radius 1 is 1.22 bits per heavy atom. The lowest BCUT2D eigenvalue weighted by atomic mass is 10.1. The number of hydrogen-bond acceptors (Lipinski definition) is 3. The van der Waals surface area contributed by atoms with Gasteiger partial charge in [0.1, 0.15) is 10.7 Å². The molecular weight excluding hydrogens is 264 g/mol. The smallest absolute Gasteiger partial charge is 0.114 e. The molecule has 4 heteroatoms. The fraction of sp³-hybridized carbons (Fsp3) is 0.357. The van der Waals surface area contributed by atoms with Crippen molar-refractivity contribution in [2.75, 3.05) is 5.73 Å². The fourth-order valence-corrected chi connectivity index (χ4v) is 3.78. The summed E-state index contributed by atoms with van der Waals surface area (Å²) in [5.41, 5.74) is 7.90. The highest BCUT2D eigenvalue weighted by Gasteiger charge is 2.22. The van der Waals surface area contributed by atoms with Crippen molar-refractivity contribution in [1.29, 1.82) is 0 Å². The van der Waals surface area contributed by atoms with Crippen LogP contribution in [0.2, 0.25) is 5.02 Å². The Labute approximate surface area is 116 Å². The second-order valence-electron chi connectivity index (χ2n) is 4.73. The van der Waals surface area contributed by atoms with Crippen LogP contribution < -0.4 is 5.73 Å². The summed E-state index contributed by atoms with van der Waals surface area (Å²) in [6.45, 7) is 0. The number of halogens is 1. The van der Waals surface area contributed by atoms with Crippen molar-refractivity contribution in [3.05, 3.63) is 34.3 Å². The lowest BCUT2D eigenvalue weighted by Gasteiger charge is -2.03. The number of thiazole rings is 1. The van der Waals surface area contributed by atoms with Crippen LogP contribution in [-0.4, -0.2) is 4.98 Å². The van der Waals surface area contributed by atoms with Crippen molar-refractivity contribution in [1.82, 2.24) is 4.98 Å². The first-order chi connectivity index (χ1) is 8.75. The summed E-state index contributed by atoms with van der Waals surface area (Å²) in [7, 11) is 0. The quantitative estimate of drug-likeness (QED) is 0.864. The molecule has 1 aromatic heterocycles. The van der Waals surface area contributed by atoms with E-state index in [4.69, 9.17) is 22.3 Å². The van der Waals surface area contributed by atoms with Gasteiger partial charge in [0.05, 0.1) is 10.0 Å². The van der Waals surface area contributed by atoms with Gasteiger partial charge in [-0.3, -0.25) is 0 Å². The Bertz CT molecular complexity index is 559. The van der Waals surface area contributed by atoms with Gasteiger partial charge in [0, 0.05) is 11.5 Å². The molecule has 1 aliphatic rings. The van der Waals surface area contributed by atoms with Gasteiger partial charge < -0.3 is 5.73 Å². The minimum Gasteiger partial charge on any atom is -0.389 e. The fourth-order valence-electron chi connectivity index (χ4n) is 2.54. The maximum absolute atomic E-state index is 6.21. The number of benzene rings is 1. The normalized spacial score (nSPS) is 16.3. The molecule has 0 unspecified atom stereocenters. The lowest BCUT2D eigenvalue weighted by Crippen LogP contribution is -1.91. The van der Waals surface area contributed by atoms with Crippen LogP contribution in [0.5, 0.6) is 0 Å². The molecular formula is C14H15ClN2S. The zero-order valence-electron chi connectivity index (χ0n) is 10.0. The molecule has 1 heterocycles. The van der Waals surface area contributed by atoms with Gasteiger partial charge in [-0.2, -0.15) is 0 Å². The Kier molecular flexibility index (Phi) is 3.27. The van der Waals surface area contributed by atoms with Crippen LogP contribution in [0.15, 0.2) is 24.3 Å². The third kappa shape index (κ3) is 2.13. The van der Waals surface area contributed by atoms with E-state index < -0.39 is 0 Å². The van der Waals surface area contributed by atoms with Crippen molar-refractivity contribution < 1.29 is 0 Å². The molecule has 1 fully saturated rings. The van der Waals surface area contributed by atoms with Crippen molar-refractivity contribution >= 4 is 27.9 Å². The average molecular weight is 279 g/mol. The standard InChI is InChI=1S/C14H15ClN2S/c15-11-8-4-3-7-10(11)12-13(16)18-14(17-12)9-5-1-2-6-9/h3-4,7-9H,1-2,5-6,16H2. The molecule has 0 amide bonds. The van der Waals surface area contributed by atoms with E-state index in [1.165, 1.54) is 30.7 Å². The minimum absolute atomic E-state index is 0.605. The molecule has 0 radical (unpaired) electrons. The molecule has 0 atom stereocenters. The number of rotatable bonds is 2. The summed E-state index contributed by atoms with van der Waals surface area (Å²) in [4.78, 5) is 4.73. The van der Waals surface area contributed by atoms with Gasteiger partial charge in [-0.05, 0) is 18.9 Å². The van der Waals surface area contributed by atoms with E-state index in [0.717, 1.165) is 16.3 Å². The van der Waals surface area contributed by atoms with Crippen LogP contribution in [0.1, 0.15) is 36.6 Å². The highest BCUT2D eigenvalue weighted by atomic mass is 35.5. The minimum atomic E-state index is 0.605. The monoisotopic (exact) mass is 278 g/mol. The lowest BCUT2D eigenvalue weighted by molar-refractivity contribution is 0.717. The van der Waals surface area contributed by atoms with Crippen LogP contribution in [-0.2, 0) is 0 Å². The maximum atomic E-state index is 6.21. The highest BCUT2D eigenvalue weighted by molar-refractivity contribution is 7.16. The molecule has 1 saturated carbocycles. The third-order valence-corrected chi connectivity index (χ3v) is 4.88. The van der Waals surface area contributed by atoms with E-state index in [0.29, 0.717) is 10.9 Å². The second kappa shape index (κ2) is 4.90. The Morgan fingerprint density at radius 3 is 2.67 bits per heavy atom. The Hall–Kier alpha value is -1.06. The molecule has 94 valence electrons. The van der Waals surface area contributed by atoms with Crippen molar-refractivity contribution in [2.24, 2.45) is 0 Å². The molecule has 2 aromatic rings. The molecule has 0 saturated heterocycles. The molecule has 2 N–H and O–H groups in total. The Morgan fingerprint density at radius 2 is 1.94 bits per heavy atom. The Balaban J connectivity index is 2.00. The largest absolute Gasteiger partial charge is 0.389 e. The van der Waals surface area contributed by atoms with Crippen LogP contribution in [0.25, 0.3) is 11.3 Å². The first-order valence-corrected chi connectivity index (χ1v) is 7.46. The van der Waals surface area contributed by atoms with Gasteiger partial charge >= 0.3 is 0 Å². The zero-order valence-corrected chi connectivity index (χ0v) is 11.6. The van der Waals surface area contributed by atoms with Gasteiger partial charge in [-0.25, -0.2) is 4.98 Å². The number of aromatic nitrogens is 1. The van der Waals surface area contributed by atoms with Crippen molar-refractivity contribution in [3.8, 4) is 11.3 Å². The first kappa shape index (κ1) is 12.0. The SMILES string of the molecule is Nc1sc(C2CCCC2)nc1-c1ccccc1Cl. The molecule has 3 rings (SSSR count). The highest BCUT2D eigenvalue weighted by Crippen LogP contribution is 2.41. The van der Waals surface area contributed by atoms with Gasteiger partial charge in [0.2, 0.25) is 0 Å². The van der Waals surface area contributed by atoms with E-state index in [2.05, 4.69) is 0 Å². The summed E-state index contributed by atoms with van der Waals surface area (Å²) in [6.07, 6.45) is 5.11. The molecule has 1 aromatic carbocycles. The van der Waals surface area contributed by atoms with Gasteiger partial charge in [-0.1, -0.05) is 42.6 Å². The summed E-state index contributed by atoms with van der Waals surface area (Å²) in [5.74, 6) is 0.605. The summed E-state index contributed by atoms with van der Waals surface area (Å²) in [6, 6.07) is 7.75. The second-order valence-corrected chi connectivity index (χ2v) is 6.20. The zero-order chi connectivity index (χ0) is 12.5. The molecule has 2 nitrogen and oxygen atoms in total. The summed E-state index contributed by atoms with van der Waals surface area (Å²) in [5, 5.41) is 2.68. The number of anilines is 1. The van der Waals surface area contributed by atoms with Gasteiger partial charge in [0.15, 0.2) is 0 Å². The average Bonchev–Trinajstić information content (AvgIpc) is 2.99. The van der Waals surface area contributed by atoms with E-state index in [-0.39, 0.29) is 0 Å². The summed E-state index contributed by atoms with van der Waals surface area (Å²) >= 11 is 7.83. The molecule has 1 aliphatic carbocycles. The number of nitrogen functional groups attached to an aromatic ring is 1. The van der Waals surface area contributed by atoms with Crippen LogP contribution >= 0.6 is 22.9 Å². The van der Waals surface area contributed by atoms with Crippen LogP contribution in [0, 0.1) is 0 Å². The molecule has 0 bridgehead atoms. The third-order valence-electron chi connectivity index (χ3n) is 3.50. The van der Waals surface area contributed by atoms with E-state index in [9.17, 15) is 0 Å². The number of nitrogens with two attached hydrogens (primary N) is 1. The number of hydrogen-bond donors (Lipinski definition) is 1. The summed E-state index contributed by atoms with van der Waals surface area (Å²) < 4.78 is 0. The molecule has 18 heavy (non-hydrogen) atoms. The van der Waals surface area contributed by atoms with Gasteiger partial charge in [0.25, 0.3) is 0 Å². The van der Waals surface area contributed by atoms with Crippen molar-refractivity contribution in [3.63, 3.8) is 0 Å². The van der Waals surface area contributed by atoms with Crippen LogP contribution in [0.4, 0.5) is 5.00 Å². The molecule has 0 aliphatic heterocycles. The van der Waals surface area contributed by atoms with E-state index in [1.54, 1.807) is 11.3 Å². The first-order valence-electron chi connectivity index (χ1n) is 6.27. The predicted molar refractivity (Wildman–Crippen MR) is 78.2 cm³/mol. The predicted octanol–water partition coefficient (Wildman–Crippen LogP) is 4.70. The topological polar surface area (TPSA) is 38.9 Å². The van der Waals surface area contributed by atoms with Gasteiger partial charge in [-0.15, -0.1) is 11.3 Å². The van der Waals surface area contributed by atoms with E-state index >= 15 is 0 Å². The van der Waals surface area contributed by atoms with Crippen LogP contribution in [0.3, 0.4) is 0 Å². The number of nitrogens with zero attached hydrogens (tertiary/aromatic N) is 1.